The predicted octanol–water partition coefficient (Wildman–Crippen LogP) is 7.44. The highest BCUT2D eigenvalue weighted by Gasteiger charge is 2.32. The van der Waals surface area contributed by atoms with Crippen LogP contribution in [0.5, 0.6) is 0 Å². The van der Waals surface area contributed by atoms with Crippen molar-refractivity contribution < 1.29 is 14.4 Å². The van der Waals surface area contributed by atoms with E-state index in [1.807, 2.05) is 66.7 Å². The lowest BCUT2D eigenvalue weighted by atomic mass is 10.0. The molecule has 5 rings (SSSR count). The van der Waals surface area contributed by atoms with Crippen LogP contribution in [0.1, 0.15) is 54.1 Å². The Balaban J connectivity index is 1.39. The molecular formula is C35H35Cl2N3O3. The van der Waals surface area contributed by atoms with E-state index in [9.17, 15) is 14.4 Å². The molecule has 222 valence electrons. The monoisotopic (exact) mass is 615 g/mol. The second-order valence-corrected chi connectivity index (χ2v) is 11.6. The van der Waals surface area contributed by atoms with Crippen LogP contribution in [-0.4, -0.2) is 41.8 Å². The van der Waals surface area contributed by atoms with Gasteiger partial charge < -0.3 is 15.1 Å². The Morgan fingerprint density at radius 1 is 0.884 bits per heavy atom. The molecule has 43 heavy (non-hydrogen) atoms. The van der Waals surface area contributed by atoms with Crippen molar-refractivity contribution >= 4 is 57.4 Å². The molecule has 0 spiro atoms. The van der Waals surface area contributed by atoms with E-state index in [-0.39, 0.29) is 30.7 Å². The van der Waals surface area contributed by atoms with Gasteiger partial charge in [0.15, 0.2) is 0 Å². The second-order valence-electron chi connectivity index (χ2n) is 10.8. The first-order valence-electron chi connectivity index (χ1n) is 14.8. The van der Waals surface area contributed by atoms with E-state index in [4.69, 9.17) is 23.2 Å². The fourth-order valence-corrected chi connectivity index (χ4v) is 6.16. The SMILES string of the molecule is CCCCNC(=O)[C@@H](Cc1ccccc1)N(Cc1c(Cl)cccc1Cl)C(=O)CCCN1C(=O)c2cccc3cccc1c23. The first kappa shape index (κ1) is 30.6. The average Bonchev–Trinajstić information content (AvgIpc) is 3.28. The summed E-state index contributed by atoms with van der Waals surface area (Å²) in [6.45, 7) is 3.06. The maximum atomic E-state index is 14.1. The molecule has 0 unspecified atom stereocenters. The van der Waals surface area contributed by atoms with Crippen molar-refractivity contribution in [2.24, 2.45) is 0 Å². The number of rotatable bonds is 13. The van der Waals surface area contributed by atoms with Gasteiger partial charge in [-0.1, -0.05) is 97.2 Å². The smallest absolute Gasteiger partial charge is 0.258 e. The predicted molar refractivity (Wildman–Crippen MR) is 174 cm³/mol. The van der Waals surface area contributed by atoms with Crippen molar-refractivity contribution in [2.45, 2.75) is 51.6 Å². The molecule has 1 N–H and O–H groups in total. The summed E-state index contributed by atoms with van der Waals surface area (Å²) in [7, 11) is 0. The Kier molecular flexibility index (Phi) is 10.0. The lowest BCUT2D eigenvalue weighted by Gasteiger charge is -2.32. The van der Waals surface area contributed by atoms with Crippen LogP contribution in [0.4, 0.5) is 5.69 Å². The molecule has 0 aromatic heterocycles. The number of anilines is 1. The van der Waals surface area contributed by atoms with Crippen molar-refractivity contribution in [1.29, 1.82) is 0 Å². The summed E-state index contributed by atoms with van der Waals surface area (Å²) in [5.74, 6) is -0.480. The van der Waals surface area contributed by atoms with Crippen molar-refractivity contribution in [3.63, 3.8) is 0 Å². The van der Waals surface area contributed by atoms with Crippen molar-refractivity contribution in [3.05, 3.63) is 112 Å². The third kappa shape index (κ3) is 6.87. The molecule has 1 aliphatic rings. The van der Waals surface area contributed by atoms with Crippen LogP contribution >= 0.6 is 23.2 Å². The van der Waals surface area contributed by atoms with Gasteiger partial charge in [-0.25, -0.2) is 0 Å². The molecule has 0 fully saturated rings. The molecule has 1 atom stereocenters. The van der Waals surface area contributed by atoms with Crippen LogP contribution in [0.25, 0.3) is 10.8 Å². The molecule has 8 heteroatoms. The van der Waals surface area contributed by atoms with Gasteiger partial charge in [-0.3, -0.25) is 14.4 Å². The van der Waals surface area contributed by atoms with Gasteiger partial charge >= 0.3 is 0 Å². The van der Waals surface area contributed by atoms with Crippen LogP contribution < -0.4 is 10.2 Å². The highest BCUT2D eigenvalue weighted by atomic mass is 35.5. The number of nitrogens with zero attached hydrogens (tertiary/aromatic N) is 2. The van der Waals surface area contributed by atoms with Crippen LogP contribution in [-0.2, 0) is 22.6 Å². The summed E-state index contributed by atoms with van der Waals surface area (Å²) in [5.41, 5.74) is 3.08. The number of carbonyl (C=O) groups excluding carboxylic acids is 3. The fraction of sp³-hybridized carbons (Fsp3) is 0.286. The summed E-state index contributed by atoms with van der Waals surface area (Å²) in [4.78, 5) is 44.3. The van der Waals surface area contributed by atoms with Crippen molar-refractivity contribution in [2.75, 3.05) is 18.0 Å². The molecule has 0 bridgehead atoms. The van der Waals surface area contributed by atoms with E-state index in [0.717, 1.165) is 34.9 Å². The van der Waals surface area contributed by atoms with Crippen molar-refractivity contribution in [1.82, 2.24) is 10.2 Å². The van der Waals surface area contributed by atoms with E-state index in [1.54, 1.807) is 28.0 Å². The Morgan fingerprint density at radius 3 is 2.30 bits per heavy atom. The number of unbranched alkanes of at least 4 members (excludes halogenated alkanes) is 1. The summed E-state index contributed by atoms with van der Waals surface area (Å²) < 4.78 is 0. The molecule has 0 saturated carbocycles. The fourth-order valence-electron chi connectivity index (χ4n) is 5.65. The van der Waals surface area contributed by atoms with Gasteiger partial charge in [-0.15, -0.1) is 0 Å². The maximum absolute atomic E-state index is 14.1. The number of halogens is 2. The molecule has 4 aromatic rings. The van der Waals surface area contributed by atoms with Gasteiger partial charge in [0.2, 0.25) is 11.8 Å². The second kappa shape index (κ2) is 14.1. The largest absolute Gasteiger partial charge is 0.354 e. The van der Waals surface area contributed by atoms with Gasteiger partial charge in [0, 0.05) is 59.0 Å². The highest BCUT2D eigenvalue weighted by molar-refractivity contribution is 6.36. The molecule has 1 heterocycles. The van der Waals surface area contributed by atoms with E-state index in [0.29, 0.717) is 47.1 Å². The summed E-state index contributed by atoms with van der Waals surface area (Å²) >= 11 is 13.1. The van der Waals surface area contributed by atoms with E-state index in [2.05, 4.69) is 12.2 Å². The number of hydrogen-bond donors (Lipinski definition) is 1. The molecule has 0 radical (unpaired) electrons. The van der Waals surface area contributed by atoms with Gasteiger partial charge in [0.05, 0.1) is 5.69 Å². The van der Waals surface area contributed by atoms with Crippen LogP contribution in [0.15, 0.2) is 84.9 Å². The van der Waals surface area contributed by atoms with Gasteiger partial charge in [0.1, 0.15) is 6.04 Å². The normalized spacial score (nSPS) is 12.9. The molecule has 0 saturated heterocycles. The minimum atomic E-state index is -0.773. The van der Waals surface area contributed by atoms with E-state index in [1.165, 1.54) is 0 Å². The van der Waals surface area contributed by atoms with E-state index >= 15 is 0 Å². The Bertz CT molecular complexity index is 1600. The number of amides is 3. The van der Waals surface area contributed by atoms with Gasteiger partial charge in [0.25, 0.3) is 5.91 Å². The third-order valence-corrected chi connectivity index (χ3v) is 8.62. The molecule has 6 nitrogen and oxygen atoms in total. The minimum absolute atomic E-state index is 0.0591. The lowest BCUT2D eigenvalue weighted by molar-refractivity contribution is -0.141. The summed E-state index contributed by atoms with van der Waals surface area (Å²) in [6.07, 6.45) is 2.69. The number of carbonyl (C=O) groups is 3. The molecular weight excluding hydrogens is 581 g/mol. The molecule has 3 amide bonds. The average molecular weight is 617 g/mol. The first-order chi connectivity index (χ1) is 20.9. The topological polar surface area (TPSA) is 69.7 Å². The molecule has 1 aliphatic heterocycles. The Morgan fingerprint density at radius 2 is 1.58 bits per heavy atom. The summed E-state index contributed by atoms with van der Waals surface area (Å²) in [5, 5.41) is 5.86. The minimum Gasteiger partial charge on any atom is -0.354 e. The maximum Gasteiger partial charge on any atom is 0.258 e. The molecule has 0 aliphatic carbocycles. The zero-order valence-corrected chi connectivity index (χ0v) is 25.7. The van der Waals surface area contributed by atoms with Crippen LogP contribution in [0.2, 0.25) is 10.0 Å². The Hall–Kier alpha value is -3.87. The van der Waals surface area contributed by atoms with Gasteiger partial charge in [-0.2, -0.15) is 0 Å². The zero-order valence-electron chi connectivity index (χ0n) is 24.2. The summed E-state index contributed by atoms with van der Waals surface area (Å²) in [6, 6.07) is 25.7. The number of nitrogens with one attached hydrogen (secondary N) is 1. The van der Waals surface area contributed by atoms with Crippen LogP contribution in [0.3, 0.4) is 0 Å². The first-order valence-corrected chi connectivity index (χ1v) is 15.5. The van der Waals surface area contributed by atoms with Crippen molar-refractivity contribution in [3.8, 4) is 0 Å². The zero-order chi connectivity index (χ0) is 30.3. The highest BCUT2D eigenvalue weighted by Crippen LogP contribution is 2.37. The van der Waals surface area contributed by atoms with Gasteiger partial charge in [-0.05, 0) is 48.1 Å². The number of benzene rings is 4. The third-order valence-electron chi connectivity index (χ3n) is 7.91. The number of hydrogen-bond acceptors (Lipinski definition) is 3. The molecule has 4 aromatic carbocycles. The van der Waals surface area contributed by atoms with Crippen LogP contribution in [0, 0.1) is 0 Å². The van der Waals surface area contributed by atoms with E-state index < -0.39 is 6.04 Å². The Labute approximate surface area is 262 Å². The quantitative estimate of drug-likeness (QED) is 0.159. The lowest BCUT2D eigenvalue weighted by Crippen LogP contribution is -2.50. The standard InChI is InChI=1S/C35H35Cl2N3O3/c1-2-3-20-38-34(42)31(22-24-11-5-4-6-12-24)40(23-27-28(36)16-9-17-29(27)37)32(41)19-10-21-39-30-18-8-14-25-13-7-15-26(33(25)30)35(39)43/h4-9,11-18,31H,2-3,10,19-23H2,1H3,(H,38,42)/t31-/m1/s1.